The van der Waals surface area contributed by atoms with Crippen molar-refractivity contribution in [3.05, 3.63) is 0 Å². The highest BCUT2D eigenvalue weighted by atomic mass is 14.4. The summed E-state index contributed by atoms with van der Waals surface area (Å²) in [6, 6.07) is 4.45. The van der Waals surface area contributed by atoms with Crippen molar-refractivity contribution in [2.45, 2.75) is 53.4 Å². The molecule has 0 aromatic heterocycles. The van der Waals surface area contributed by atoms with E-state index in [9.17, 15) is 0 Å². The van der Waals surface area contributed by atoms with Gasteiger partial charge in [0, 0.05) is 12.8 Å². The van der Waals surface area contributed by atoms with Crippen LogP contribution in [0, 0.1) is 33.5 Å². The molecule has 0 aliphatic heterocycles. The minimum atomic E-state index is 0.0242. The zero-order valence-corrected chi connectivity index (χ0v) is 9.72. The fourth-order valence-corrected chi connectivity index (χ4v) is 1.94. The molecule has 0 N–H and O–H groups in total. The van der Waals surface area contributed by atoms with E-state index in [0.29, 0.717) is 12.8 Å². The van der Waals surface area contributed by atoms with Crippen LogP contribution < -0.4 is 0 Å². The second kappa shape index (κ2) is 5.01. The van der Waals surface area contributed by atoms with Crippen LogP contribution in [-0.2, 0) is 0 Å². The first-order valence-electron chi connectivity index (χ1n) is 5.13. The van der Waals surface area contributed by atoms with Gasteiger partial charge in [-0.25, -0.2) is 0 Å². The Morgan fingerprint density at radius 3 is 1.86 bits per heavy atom. The zero-order chi connectivity index (χ0) is 11.2. The molecule has 2 heteroatoms. The van der Waals surface area contributed by atoms with E-state index in [1.54, 1.807) is 0 Å². The molecule has 0 aromatic carbocycles. The molecule has 0 saturated heterocycles. The standard InChI is InChI=1S/C12H20N2/c1-5-12(4,7-9-14)10-11(2,3)6-8-13/h5-7,10H2,1-4H3. The van der Waals surface area contributed by atoms with E-state index in [1.165, 1.54) is 0 Å². The molecule has 0 radical (unpaired) electrons. The first-order chi connectivity index (χ1) is 6.39. The average Bonchev–Trinajstić information content (AvgIpc) is 2.03. The van der Waals surface area contributed by atoms with Gasteiger partial charge < -0.3 is 0 Å². The first-order valence-corrected chi connectivity index (χ1v) is 5.13. The molecule has 0 heterocycles. The molecule has 0 saturated carbocycles. The number of nitriles is 2. The third kappa shape index (κ3) is 4.28. The van der Waals surface area contributed by atoms with Gasteiger partial charge in [-0.05, 0) is 23.7 Å². The maximum absolute atomic E-state index is 8.74. The summed E-state index contributed by atoms with van der Waals surface area (Å²) in [5.74, 6) is 0. The van der Waals surface area contributed by atoms with Gasteiger partial charge in [0.25, 0.3) is 0 Å². The minimum Gasteiger partial charge on any atom is -0.198 e. The fraction of sp³-hybridized carbons (Fsp3) is 0.833. The summed E-state index contributed by atoms with van der Waals surface area (Å²) in [5, 5.41) is 17.4. The highest BCUT2D eigenvalue weighted by molar-refractivity contribution is 4.91. The minimum absolute atomic E-state index is 0.0242. The van der Waals surface area contributed by atoms with Crippen molar-refractivity contribution in [3.8, 4) is 12.1 Å². The van der Waals surface area contributed by atoms with Crippen LogP contribution in [0.1, 0.15) is 53.4 Å². The van der Waals surface area contributed by atoms with Crippen molar-refractivity contribution in [2.75, 3.05) is 0 Å². The van der Waals surface area contributed by atoms with Crippen molar-refractivity contribution in [3.63, 3.8) is 0 Å². The molecule has 0 bridgehead atoms. The van der Waals surface area contributed by atoms with Gasteiger partial charge in [-0.15, -0.1) is 0 Å². The van der Waals surface area contributed by atoms with Gasteiger partial charge in [0.2, 0.25) is 0 Å². The van der Waals surface area contributed by atoms with E-state index >= 15 is 0 Å². The lowest BCUT2D eigenvalue weighted by Gasteiger charge is -2.34. The smallest absolute Gasteiger partial charge is 0.0627 e. The molecule has 0 fully saturated rings. The van der Waals surface area contributed by atoms with Crippen molar-refractivity contribution < 1.29 is 0 Å². The number of hydrogen-bond donors (Lipinski definition) is 0. The molecule has 0 spiro atoms. The van der Waals surface area contributed by atoms with E-state index in [-0.39, 0.29) is 10.8 Å². The Kier molecular flexibility index (Phi) is 4.64. The predicted octanol–water partition coefficient (Wildman–Crippen LogP) is 3.65. The average molecular weight is 192 g/mol. The molecule has 2 nitrogen and oxygen atoms in total. The Balaban J connectivity index is 4.47. The third-order valence-electron chi connectivity index (χ3n) is 2.82. The maximum atomic E-state index is 8.74. The summed E-state index contributed by atoms with van der Waals surface area (Å²) in [7, 11) is 0. The van der Waals surface area contributed by atoms with E-state index < -0.39 is 0 Å². The first kappa shape index (κ1) is 13.0. The van der Waals surface area contributed by atoms with Crippen LogP contribution in [-0.4, -0.2) is 0 Å². The molecule has 0 amide bonds. The van der Waals surface area contributed by atoms with Crippen LogP contribution in [0.2, 0.25) is 0 Å². The second-order valence-corrected chi connectivity index (χ2v) is 5.17. The zero-order valence-electron chi connectivity index (χ0n) is 9.72. The predicted molar refractivity (Wildman–Crippen MR) is 57.3 cm³/mol. The van der Waals surface area contributed by atoms with E-state index in [0.717, 1.165) is 12.8 Å². The number of rotatable bonds is 5. The Morgan fingerprint density at radius 2 is 1.50 bits per heavy atom. The normalized spacial score (nSPS) is 15.3. The molecule has 1 unspecified atom stereocenters. The topological polar surface area (TPSA) is 47.6 Å². The summed E-state index contributed by atoms with van der Waals surface area (Å²) in [6.45, 7) is 8.44. The van der Waals surface area contributed by atoms with E-state index in [4.69, 9.17) is 10.5 Å². The Hall–Kier alpha value is -1.02. The van der Waals surface area contributed by atoms with E-state index in [2.05, 4.69) is 39.8 Å². The Bertz CT molecular complexity index is 254. The quantitative estimate of drug-likeness (QED) is 0.667. The van der Waals surface area contributed by atoms with Crippen LogP contribution in [0.5, 0.6) is 0 Å². The lowest BCUT2D eigenvalue weighted by atomic mass is 9.70. The highest BCUT2D eigenvalue weighted by Gasteiger charge is 2.30. The van der Waals surface area contributed by atoms with Crippen LogP contribution in [0.15, 0.2) is 0 Å². The summed E-state index contributed by atoms with van der Waals surface area (Å²) >= 11 is 0. The highest BCUT2D eigenvalue weighted by Crippen LogP contribution is 2.40. The molecule has 0 aromatic rings. The third-order valence-corrected chi connectivity index (χ3v) is 2.82. The largest absolute Gasteiger partial charge is 0.198 e. The molecule has 0 aliphatic carbocycles. The Labute approximate surface area is 87.5 Å². The molecular formula is C12H20N2. The maximum Gasteiger partial charge on any atom is 0.0627 e. The molecule has 78 valence electrons. The molecule has 0 aliphatic rings. The van der Waals surface area contributed by atoms with Crippen LogP contribution >= 0.6 is 0 Å². The van der Waals surface area contributed by atoms with Crippen LogP contribution in [0.3, 0.4) is 0 Å². The summed E-state index contributed by atoms with van der Waals surface area (Å²) in [5.41, 5.74) is 0.0887. The summed E-state index contributed by atoms with van der Waals surface area (Å²) < 4.78 is 0. The van der Waals surface area contributed by atoms with Gasteiger partial charge in [0.1, 0.15) is 0 Å². The van der Waals surface area contributed by atoms with Crippen molar-refractivity contribution in [1.29, 1.82) is 10.5 Å². The van der Waals surface area contributed by atoms with Gasteiger partial charge in [-0.2, -0.15) is 10.5 Å². The van der Waals surface area contributed by atoms with E-state index in [1.807, 2.05) is 0 Å². The summed E-state index contributed by atoms with van der Waals surface area (Å²) in [6.07, 6.45) is 3.08. The van der Waals surface area contributed by atoms with Crippen molar-refractivity contribution in [1.82, 2.24) is 0 Å². The number of hydrogen-bond acceptors (Lipinski definition) is 2. The molecular weight excluding hydrogens is 172 g/mol. The number of nitrogens with zero attached hydrogens (tertiary/aromatic N) is 2. The van der Waals surface area contributed by atoms with Gasteiger partial charge >= 0.3 is 0 Å². The van der Waals surface area contributed by atoms with Gasteiger partial charge in [0.15, 0.2) is 0 Å². The van der Waals surface area contributed by atoms with Crippen molar-refractivity contribution in [2.24, 2.45) is 10.8 Å². The van der Waals surface area contributed by atoms with Gasteiger partial charge in [-0.3, -0.25) is 0 Å². The van der Waals surface area contributed by atoms with Crippen LogP contribution in [0.25, 0.3) is 0 Å². The van der Waals surface area contributed by atoms with Crippen molar-refractivity contribution >= 4 is 0 Å². The second-order valence-electron chi connectivity index (χ2n) is 5.17. The monoisotopic (exact) mass is 192 g/mol. The lowest BCUT2D eigenvalue weighted by molar-refractivity contribution is 0.176. The van der Waals surface area contributed by atoms with Crippen LogP contribution in [0.4, 0.5) is 0 Å². The molecule has 0 rings (SSSR count). The van der Waals surface area contributed by atoms with Gasteiger partial charge in [0.05, 0.1) is 12.1 Å². The fourth-order valence-electron chi connectivity index (χ4n) is 1.94. The lowest BCUT2D eigenvalue weighted by Crippen LogP contribution is -2.24. The molecule has 1 atom stereocenters. The molecule has 14 heavy (non-hydrogen) atoms. The summed E-state index contributed by atoms with van der Waals surface area (Å²) in [4.78, 5) is 0. The SMILES string of the molecule is CCC(C)(CC#N)CC(C)(C)CC#N. The van der Waals surface area contributed by atoms with Gasteiger partial charge in [-0.1, -0.05) is 27.7 Å². The Morgan fingerprint density at radius 1 is 1.00 bits per heavy atom.